The normalized spacial score (nSPS) is 23.7. The Balaban J connectivity index is 0.000000217. The maximum absolute atomic E-state index is 7.01. The lowest BCUT2D eigenvalue weighted by atomic mass is 9.61. The fourth-order valence-electron chi connectivity index (χ4n) is 4.10. The molecule has 2 aliphatic heterocycles. The molecule has 1 fully saturated rings. The van der Waals surface area contributed by atoms with E-state index in [1.807, 2.05) is 42.6 Å². The SMILES string of the molecule is CC1B(c2cc(C3CC(c4ccccc4)=N3)ccn2)C1(C)S.N=C(N)c1ccccc1. The quantitative estimate of drug-likeness (QED) is 0.252. The highest BCUT2D eigenvalue weighted by Crippen LogP contribution is 2.51. The van der Waals surface area contributed by atoms with Crippen molar-refractivity contribution in [2.75, 3.05) is 0 Å². The van der Waals surface area contributed by atoms with E-state index in [0.29, 0.717) is 12.5 Å². The molecule has 31 heavy (non-hydrogen) atoms. The molecule has 3 atom stereocenters. The first-order valence-corrected chi connectivity index (χ1v) is 11.0. The standard InChI is InChI=1S/C18H19BN2S.C7H8N2/c1-12-18(2,22)19(12)17-10-14(8-9-20-17)16-11-15(21-16)13-6-4-3-5-7-13;8-7(9)6-4-2-1-3-5-6/h3-10,12,16,22H,11H2,1-2H3;1-5H,(H3,8,9). The van der Waals surface area contributed by atoms with Crippen LogP contribution in [0.15, 0.2) is 84.0 Å². The van der Waals surface area contributed by atoms with Crippen molar-refractivity contribution in [2.24, 2.45) is 10.7 Å². The molecule has 0 bridgehead atoms. The Kier molecular flexibility index (Phi) is 6.01. The molecule has 6 heteroatoms. The topological polar surface area (TPSA) is 75.1 Å². The summed E-state index contributed by atoms with van der Waals surface area (Å²) in [5.41, 5.74) is 10.9. The predicted molar refractivity (Wildman–Crippen MR) is 134 cm³/mol. The van der Waals surface area contributed by atoms with Crippen LogP contribution in [0.1, 0.15) is 43.0 Å². The molecule has 156 valence electrons. The zero-order valence-corrected chi connectivity index (χ0v) is 18.8. The smallest absolute Gasteiger partial charge is 0.220 e. The Hall–Kier alpha value is -2.86. The molecule has 3 N–H and O–H groups in total. The van der Waals surface area contributed by atoms with Crippen LogP contribution >= 0.6 is 12.6 Å². The van der Waals surface area contributed by atoms with E-state index >= 15 is 0 Å². The van der Waals surface area contributed by atoms with Crippen LogP contribution in [-0.4, -0.2) is 27.9 Å². The number of aliphatic imine (C=N–C) groups is 1. The molecule has 3 unspecified atom stereocenters. The highest BCUT2D eigenvalue weighted by atomic mass is 32.1. The Morgan fingerprint density at radius 1 is 1.10 bits per heavy atom. The molecule has 0 spiro atoms. The monoisotopic (exact) mass is 426 g/mol. The number of thiol groups is 1. The number of pyridine rings is 1. The predicted octanol–water partition coefficient (Wildman–Crippen LogP) is 4.32. The lowest BCUT2D eigenvalue weighted by Crippen LogP contribution is -2.27. The fraction of sp³-hybridized carbons (Fsp3) is 0.240. The van der Waals surface area contributed by atoms with Gasteiger partial charge in [0, 0.05) is 29.5 Å². The van der Waals surface area contributed by atoms with Gasteiger partial charge in [0.25, 0.3) is 0 Å². The first-order valence-electron chi connectivity index (χ1n) is 10.6. The van der Waals surface area contributed by atoms with Gasteiger partial charge in [-0.15, -0.1) is 0 Å². The Morgan fingerprint density at radius 2 is 1.68 bits per heavy atom. The molecule has 4 nitrogen and oxygen atoms in total. The van der Waals surface area contributed by atoms with Crippen molar-refractivity contribution in [3.63, 3.8) is 0 Å². The fourth-order valence-corrected chi connectivity index (χ4v) is 4.53. The Labute approximate surface area is 190 Å². The van der Waals surface area contributed by atoms with Crippen LogP contribution in [0.2, 0.25) is 5.82 Å². The molecule has 0 radical (unpaired) electrons. The first kappa shape index (κ1) is 21.4. The largest absolute Gasteiger partial charge is 0.384 e. The van der Waals surface area contributed by atoms with Crippen molar-refractivity contribution in [3.05, 3.63) is 95.7 Å². The van der Waals surface area contributed by atoms with Gasteiger partial charge in [-0.1, -0.05) is 74.5 Å². The van der Waals surface area contributed by atoms with Crippen molar-refractivity contribution < 1.29 is 0 Å². The van der Waals surface area contributed by atoms with Crippen molar-refractivity contribution in [1.82, 2.24) is 4.98 Å². The summed E-state index contributed by atoms with van der Waals surface area (Å²) in [7, 11) is 0. The number of hydrogen-bond donors (Lipinski definition) is 3. The maximum Gasteiger partial charge on any atom is 0.220 e. The number of nitrogen functional groups attached to an aromatic ring is 1. The van der Waals surface area contributed by atoms with Crippen LogP contribution in [0.5, 0.6) is 0 Å². The molecule has 1 saturated heterocycles. The summed E-state index contributed by atoms with van der Waals surface area (Å²) in [6.45, 7) is 4.92. The van der Waals surface area contributed by atoms with Crippen LogP contribution in [0.4, 0.5) is 0 Å². The maximum atomic E-state index is 7.01. The minimum Gasteiger partial charge on any atom is -0.384 e. The number of amidine groups is 1. The molecule has 5 rings (SSSR count). The second-order valence-electron chi connectivity index (χ2n) is 8.45. The van der Waals surface area contributed by atoms with Crippen molar-refractivity contribution in [2.45, 2.75) is 36.8 Å². The number of nitrogens with two attached hydrogens (primary N) is 1. The summed E-state index contributed by atoms with van der Waals surface area (Å²) in [5.74, 6) is 0.707. The Bertz CT molecular complexity index is 1100. The molecule has 3 heterocycles. The van der Waals surface area contributed by atoms with E-state index < -0.39 is 0 Å². The number of rotatable bonds is 4. The van der Waals surface area contributed by atoms with Crippen LogP contribution < -0.4 is 11.3 Å². The van der Waals surface area contributed by atoms with Crippen LogP contribution in [0, 0.1) is 5.41 Å². The van der Waals surface area contributed by atoms with Gasteiger partial charge in [0.05, 0.1) is 6.04 Å². The molecule has 0 amide bonds. The third-order valence-electron chi connectivity index (χ3n) is 6.34. The van der Waals surface area contributed by atoms with E-state index in [1.54, 1.807) is 0 Å². The zero-order valence-electron chi connectivity index (χ0n) is 17.9. The summed E-state index contributed by atoms with van der Waals surface area (Å²) in [6, 6.07) is 24.3. The second-order valence-corrected chi connectivity index (χ2v) is 9.41. The number of benzene rings is 2. The lowest BCUT2D eigenvalue weighted by Gasteiger charge is -2.25. The minimum absolute atomic E-state index is 0.0870. The summed E-state index contributed by atoms with van der Waals surface area (Å²) < 4.78 is 0.0870. The highest BCUT2D eigenvalue weighted by molar-refractivity contribution is 7.85. The number of aromatic nitrogens is 1. The van der Waals surface area contributed by atoms with Crippen molar-refractivity contribution in [3.8, 4) is 0 Å². The van der Waals surface area contributed by atoms with Gasteiger partial charge in [0.2, 0.25) is 6.71 Å². The van der Waals surface area contributed by atoms with Crippen molar-refractivity contribution in [1.29, 1.82) is 5.41 Å². The molecule has 2 aliphatic rings. The van der Waals surface area contributed by atoms with Gasteiger partial charge >= 0.3 is 0 Å². The van der Waals surface area contributed by atoms with Gasteiger partial charge in [-0.3, -0.25) is 15.4 Å². The summed E-state index contributed by atoms with van der Waals surface area (Å²) in [6.07, 6.45) is 2.95. The van der Waals surface area contributed by atoms with Crippen LogP contribution in [-0.2, 0) is 0 Å². The van der Waals surface area contributed by atoms with Crippen molar-refractivity contribution >= 4 is 36.5 Å². The third-order valence-corrected chi connectivity index (χ3v) is 7.03. The molecule has 3 aromatic rings. The number of nitrogens with zero attached hydrogens (tertiary/aromatic N) is 2. The van der Waals surface area contributed by atoms with E-state index in [-0.39, 0.29) is 16.5 Å². The van der Waals surface area contributed by atoms with Crippen LogP contribution in [0.3, 0.4) is 0 Å². The molecule has 1 aromatic heterocycles. The minimum atomic E-state index is 0.0870. The second kappa shape index (κ2) is 8.71. The zero-order chi connectivity index (χ0) is 22.0. The number of hydrogen-bond acceptors (Lipinski definition) is 4. The molecule has 2 aromatic carbocycles. The first-order chi connectivity index (χ1) is 14.9. The lowest BCUT2D eigenvalue weighted by molar-refractivity contribution is 0.698. The van der Waals surface area contributed by atoms with Gasteiger partial charge < -0.3 is 5.73 Å². The van der Waals surface area contributed by atoms with Gasteiger partial charge in [-0.05, 0) is 33.7 Å². The molecular weight excluding hydrogens is 399 g/mol. The van der Waals surface area contributed by atoms with E-state index in [1.165, 1.54) is 22.4 Å². The number of nitrogens with one attached hydrogen (secondary N) is 1. The van der Waals surface area contributed by atoms with E-state index in [2.05, 4.69) is 55.2 Å². The van der Waals surface area contributed by atoms with Gasteiger partial charge in [-0.25, -0.2) is 0 Å². The van der Waals surface area contributed by atoms with Crippen LogP contribution in [0.25, 0.3) is 0 Å². The van der Waals surface area contributed by atoms with E-state index in [9.17, 15) is 0 Å². The summed E-state index contributed by atoms with van der Waals surface area (Å²) >= 11 is 4.75. The van der Waals surface area contributed by atoms with Gasteiger partial charge in [-0.2, -0.15) is 12.6 Å². The molecule has 0 saturated carbocycles. The average molecular weight is 426 g/mol. The van der Waals surface area contributed by atoms with Gasteiger partial charge in [0.1, 0.15) is 5.84 Å². The van der Waals surface area contributed by atoms with Gasteiger partial charge in [0.15, 0.2) is 0 Å². The molecule has 0 aliphatic carbocycles. The third kappa shape index (κ3) is 4.59. The summed E-state index contributed by atoms with van der Waals surface area (Å²) in [4.78, 5) is 9.38. The van der Waals surface area contributed by atoms with E-state index in [0.717, 1.165) is 12.0 Å². The summed E-state index contributed by atoms with van der Waals surface area (Å²) in [5, 5.41) is 7.01. The highest BCUT2D eigenvalue weighted by Gasteiger charge is 2.60. The average Bonchev–Trinajstić information content (AvgIpc) is 3.26. The Morgan fingerprint density at radius 3 is 2.19 bits per heavy atom. The molecular formula is C25H27BN4S. The van der Waals surface area contributed by atoms with E-state index in [4.69, 9.17) is 28.8 Å².